The minimum Gasteiger partial charge on any atom is -0.434 e. The Morgan fingerprint density at radius 2 is 1.88 bits per heavy atom. The number of aromatic nitrogens is 5. The topological polar surface area (TPSA) is 89.9 Å². The molecule has 7 nitrogen and oxygen atoms in total. The number of nitrogens with zero attached hydrogens (tertiary/aromatic N) is 5. The van der Waals surface area contributed by atoms with Crippen molar-refractivity contribution < 1.29 is 27.1 Å². The molecular weight excluding hydrogens is 454 g/mol. The molecule has 0 radical (unpaired) electrons. The minimum atomic E-state index is -4.70. The molecule has 0 saturated carbocycles. The number of pyridine rings is 1. The van der Waals surface area contributed by atoms with Crippen LogP contribution >= 0.6 is 0 Å². The lowest BCUT2D eigenvalue weighted by Crippen LogP contribution is -2.06. The summed E-state index contributed by atoms with van der Waals surface area (Å²) in [7, 11) is 1.72. The molecule has 0 fully saturated rings. The smallest absolute Gasteiger partial charge is 0.420 e. The number of fused-ring (bicyclic) bond motifs is 1. The second kappa shape index (κ2) is 8.03. The summed E-state index contributed by atoms with van der Waals surface area (Å²) in [6.07, 6.45) is -1.76. The van der Waals surface area contributed by atoms with Crippen LogP contribution in [-0.4, -0.2) is 29.8 Å². The van der Waals surface area contributed by atoms with Gasteiger partial charge < -0.3 is 14.1 Å². The van der Waals surface area contributed by atoms with Crippen LogP contribution in [0.2, 0.25) is 0 Å². The first kappa shape index (κ1) is 21.7. The van der Waals surface area contributed by atoms with E-state index in [0.717, 1.165) is 6.07 Å². The molecule has 34 heavy (non-hydrogen) atoms. The van der Waals surface area contributed by atoms with Crippen molar-refractivity contribution in [3.63, 3.8) is 0 Å². The highest BCUT2D eigenvalue weighted by Gasteiger charge is 2.35. The number of aryl methyl sites for hydroxylation is 1. The molecule has 172 valence electrons. The first-order valence-electron chi connectivity index (χ1n) is 9.97. The Hall–Kier alpha value is -4.12. The van der Waals surface area contributed by atoms with Crippen molar-refractivity contribution in [3.8, 4) is 34.1 Å². The van der Waals surface area contributed by atoms with Gasteiger partial charge in [0.25, 0.3) is 0 Å². The molecule has 0 unspecified atom stereocenters. The minimum absolute atomic E-state index is 0.0531. The summed E-state index contributed by atoms with van der Waals surface area (Å²) < 4.78 is 61.8. The summed E-state index contributed by atoms with van der Waals surface area (Å²) >= 11 is 0. The van der Waals surface area contributed by atoms with Gasteiger partial charge in [-0.25, -0.2) is 9.37 Å². The van der Waals surface area contributed by atoms with E-state index in [4.69, 9.17) is 4.42 Å². The lowest BCUT2D eigenvalue weighted by Gasteiger charge is -2.10. The standard InChI is InChI=1S/C23H15F4N5O2/c1-32-11-29-31-21(32)16-9-14(24)2-3-15(16)13-4-5-28-19(8-13)22-30-18-7-12(10-33)6-17(20(18)34-22)23(25,26)27/h2-9,11,33H,10H2,1H3. The molecule has 0 saturated heterocycles. The van der Waals surface area contributed by atoms with Gasteiger partial charge in [0.2, 0.25) is 5.89 Å². The number of benzene rings is 2. The summed E-state index contributed by atoms with van der Waals surface area (Å²) in [5, 5.41) is 17.2. The predicted octanol–water partition coefficient (Wildman–Crippen LogP) is 5.00. The molecular formula is C23H15F4N5O2. The second-order valence-corrected chi connectivity index (χ2v) is 7.55. The van der Waals surface area contributed by atoms with Crippen molar-refractivity contribution in [2.75, 3.05) is 0 Å². The molecule has 0 spiro atoms. The molecule has 2 aromatic carbocycles. The third kappa shape index (κ3) is 3.79. The quantitative estimate of drug-likeness (QED) is 0.373. The number of hydrogen-bond acceptors (Lipinski definition) is 6. The predicted molar refractivity (Wildman–Crippen MR) is 114 cm³/mol. The third-order valence-electron chi connectivity index (χ3n) is 5.26. The fraction of sp³-hybridized carbons (Fsp3) is 0.130. The molecule has 0 bridgehead atoms. The lowest BCUT2D eigenvalue weighted by molar-refractivity contribution is -0.136. The van der Waals surface area contributed by atoms with Crippen LogP contribution in [0.4, 0.5) is 17.6 Å². The zero-order valence-corrected chi connectivity index (χ0v) is 17.5. The van der Waals surface area contributed by atoms with Gasteiger partial charge in [-0.2, -0.15) is 13.2 Å². The van der Waals surface area contributed by atoms with E-state index in [9.17, 15) is 22.7 Å². The maximum Gasteiger partial charge on any atom is 0.420 e. The van der Waals surface area contributed by atoms with Gasteiger partial charge in [0.1, 0.15) is 28.9 Å². The Balaban J connectivity index is 1.65. The van der Waals surface area contributed by atoms with Gasteiger partial charge in [0.05, 0.1) is 6.61 Å². The number of aliphatic hydroxyl groups is 1. The van der Waals surface area contributed by atoms with Crippen molar-refractivity contribution in [3.05, 3.63) is 71.9 Å². The molecule has 1 N–H and O–H groups in total. The molecule has 0 aliphatic carbocycles. The maximum atomic E-state index is 14.0. The number of rotatable bonds is 4. The van der Waals surface area contributed by atoms with E-state index in [0.29, 0.717) is 22.5 Å². The van der Waals surface area contributed by atoms with Crippen LogP contribution in [0.5, 0.6) is 0 Å². The molecule has 0 amide bonds. The van der Waals surface area contributed by atoms with E-state index in [-0.39, 0.29) is 22.7 Å². The number of halogens is 4. The SMILES string of the molecule is Cn1cnnc1-c1cc(F)ccc1-c1ccnc(-c2nc3cc(CO)cc(C(F)(F)F)c3o2)c1. The molecule has 11 heteroatoms. The first-order valence-corrected chi connectivity index (χ1v) is 9.97. The van der Waals surface area contributed by atoms with Gasteiger partial charge in [-0.1, -0.05) is 6.07 Å². The van der Waals surface area contributed by atoms with E-state index >= 15 is 0 Å². The summed E-state index contributed by atoms with van der Waals surface area (Å²) in [4.78, 5) is 8.37. The summed E-state index contributed by atoms with van der Waals surface area (Å²) in [5.41, 5.74) is 0.375. The van der Waals surface area contributed by atoms with Gasteiger partial charge in [0, 0.05) is 18.8 Å². The van der Waals surface area contributed by atoms with E-state index in [1.54, 1.807) is 29.8 Å². The molecule has 3 aromatic heterocycles. The Morgan fingerprint density at radius 3 is 2.59 bits per heavy atom. The number of alkyl halides is 3. The highest BCUT2D eigenvalue weighted by atomic mass is 19.4. The van der Waals surface area contributed by atoms with Crippen LogP contribution in [0, 0.1) is 5.82 Å². The van der Waals surface area contributed by atoms with Crippen molar-refractivity contribution in [2.24, 2.45) is 7.05 Å². The van der Waals surface area contributed by atoms with Crippen LogP contribution in [0.1, 0.15) is 11.1 Å². The van der Waals surface area contributed by atoms with Crippen LogP contribution < -0.4 is 0 Å². The number of hydrogen-bond donors (Lipinski definition) is 1. The van der Waals surface area contributed by atoms with Crippen molar-refractivity contribution >= 4 is 11.1 Å². The van der Waals surface area contributed by atoms with E-state index in [1.807, 2.05) is 0 Å². The van der Waals surface area contributed by atoms with Gasteiger partial charge in [-0.3, -0.25) is 4.98 Å². The molecule has 3 heterocycles. The molecule has 5 rings (SSSR count). The van der Waals surface area contributed by atoms with Crippen molar-refractivity contribution in [2.45, 2.75) is 12.8 Å². The summed E-state index contributed by atoms with van der Waals surface area (Å²) in [6.45, 7) is -0.579. The Labute approximate surface area is 189 Å². The highest BCUT2D eigenvalue weighted by Crippen LogP contribution is 2.38. The maximum absolute atomic E-state index is 14.0. The summed E-state index contributed by atoms with van der Waals surface area (Å²) in [5.74, 6) is -0.157. The van der Waals surface area contributed by atoms with Crippen LogP contribution in [0.15, 0.2) is 59.4 Å². The van der Waals surface area contributed by atoms with Crippen LogP contribution in [0.25, 0.3) is 45.2 Å². The highest BCUT2D eigenvalue weighted by molar-refractivity contribution is 5.83. The van der Waals surface area contributed by atoms with Crippen molar-refractivity contribution in [1.82, 2.24) is 24.7 Å². The zero-order chi connectivity index (χ0) is 24.0. The molecule has 5 aromatic rings. The average molecular weight is 469 g/mol. The van der Waals surface area contributed by atoms with Gasteiger partial charge >= 0.3 is 6.18 Å². The Kier molecular flexibility index (Phi) is 5.13. The van der Waals surface area contributed by atoms with E-state index in [1.165, 1.54) is 30.7 Å². The monoisotopic (exact) mass is 469 g/mol. The van der Waals surface area contributed by atoms with Crippen LogP contribution in [-0.2, 0) is 19.8 Å². The second-order valence-electron chi connectivity index (χ2n) is 7.55. The number of oxazole rings is 1. The Morgan fingerprint density at radius 1 is 1.06 bits per heavy atom. The summed E-state index contributed by atoms with van der Waals surface area (Å²) in [6, 6.07) is 9.59. The van der Waals surface area contributed by atoms with Crippen molar-refractivity contribution in [1.29, 1.82) is 0 Å². The average Bonchev–Trinajstić information content (AvgIpc) is 3.43. The van der Waals surface area contributed by atoms with Crippen LogP contribution in [0.3, 0.4) is 0 Å². The van der Waals surface area contributed by atoms with E-state index in [2.05, 4.69) is 20.2 Å². The lowest BCUT2D eigenvalue weighted by atomic mass is 9.99. The first-order chi connectivity index (χ1) is 16.2. The van der Waals surface area contributed by atoms with Gasteiger partial charge in [-0.15, -0.1) is 10.2 Å². The normalized spacial score (nSPS) is 11.9. The largest absolute Gasteiger partial charge is 0.434 e. The molecule has 0 aliphatic heterocycles. The van der Waals surface area contributed by atoms with Gasteiger partial charge in [-0.05, 0) is 53.1 Å². The van der Waals surface area contributed by atoms with E-state index < -0.39 is 29.7 Å². The molecule has 0 aliphatic rings. The zero-order valence-electron chi connectivity index (χ0n) is 17.5. The fourth-order valence-electron chi connectivity index (χ4n) is 3.70. The van der Waals surface area contributed by atoms with Gasteiger partial charge in [0.15, 0.2) is 11.4 Å². The Bertz CT molecular complexity index is 1520. The fourth-order valence-corrected chi connectivity index (χ4v) is 3.70. The number of aliphatic hydroxyl groups excluding tert-OH is 1. The third-order valence-corrected chi connectivity index (χ3v) is 5.26. The molecule has 0 atom stereocenters.